The summed E-state index contributed by atoms with van der Waals surface area (Å²) in [6, 6.07) is 10.1. The Bertz CT molecular complexity index is 977. The van der Waals surface area contributed by atoms with Crippen LogP contribution in [0.2, 0.25) is 0 Å². The van der Waals surface area contributed by atoms with Gasteiger partial charge in [0.05, 0.1) is 30.4 Å². The molecule has 0 aliphatic carbocycles. The molecule has 0 spiro atoms. The number of sulfonamides is 1. The second-order valence-electron chi connectivity index (χ2n) is 8.48. The molecule has 4 rings (SSSR count). The lowest BCUT2D eigenvalue weighted by atomic mass is 10.2. The van der Waals surface area contributed by atoms with Crippen molar-refractivity contribution in [3.05, 3.63) is 54.0 Å². The van der Waals surface area contributed by atoms with Gasteiger partial charge < -0.3 is 14.1 Å². The maximum atomic E-state index is 13.3. The SMILES string of the molecule is Cc1ccc(S(=O)(=O)N(CC(=O)N2CCN(C[C@H]3CCCO3)CC2)Cc2ccco2)cc1. The van der Waals surface area contributed by atoms with Gasteiger partial charge in [0, 0.05) is 39.3 Å². The van der Waals surface area contributed by atoms with E-state index in [4.69, 9.17) is 9.15 Å². The van der Waals surface area contributed by atoms with Crippen LogP contribution in [-0.4, -0.2) is 80.4 Å². The average Bonchev–Trinajstić information content (AvgIpc) is 3.48. The number of nitrogens with zero attached hydrogens (tertiary/aromatic N) is 3. The normalized spacial score (nSPS) is 20.2. The van der Waals surface area contributed by atoms with E-state index in [1.165, 1.54) is 10.6 Å². The molecule has 2 aliphatic rings. The van der Waals surface area contributed by atoms with E-state index in [-0.39, 0.29) is 23.9 Å². The number of amides is 1. The number of furan rings is 1. The molecule has 174 valence electrons. The zero-order valence-electron chi connectivity index (χ0n) is 18.5. The van der Waals surface area contributed by atoms with Gasteiger partial charge in [-0.25, -0.2) is 8.42 Å². The number of aryl methyl sites for hydroxylation is 1. The number of ether oxygens (including phenoxy) is 1. The van der Waals surface area contributed by atoms with E-state index in [1.54, 1.807) is 41.3 Å². The Labute approximate surface area is 189 Å². The lowest BCUT2D eigenvalue weighted by Crippen LogP contribution is -2.52. The van der Waals surface area contributed by atoms with Crippen LogP contribution in [0.25, 0.3) is 0 Å². The topological polar surface area (TPSA) is 83.3 Å². The van der Waals surface area contributed by atoms with Crippen LogP contribution in [0.3, 0.4) is 0 Å². The Morgan fingerprint density at radius 2 is 1.88 bits per heavy atom. The summed E-state index contributed by atoms with van der Waals surface area (Å²) in [7, 11) is -3.86. The van der Waals surface area contributed by atoms with Gasteiger partial charge in [0.1, 0.15) is 5.76 Å². The van der Waals surface area contributed by atoms with Gasteiger partial charge in [0.15, 0.2) is 0 Å². The van der Waals surface area contributed by atoms with Crippen LogP contribution >= 0.6 is 0 Å². The maximum absolute atomic E-state index is 13.3. The van der Waals surface area contributed by atoms with Crippen LogP contribution in [-0.2, 0) is 26.1 Å². The first kappa shape index (κ1) is 23.0. The fourth-order valence-electron chi connectivity index (χ4n) is 4.17. The molecule has 1 atom stereocenters. The molecular formula is C23H31N3O5S. The summed E-state index contributed by atoms with van der Waals surface area (Å²) in [5.74, 6) is 0.305. The van der Waals surface area contributed by atoms with E-state index in [0.29, 0.717) is 25.0 Å². The van der Waals surface area contributed by atoms with Crippen LogP contribution in [0.4, 0.5) is 0 Å². The molecule has 8 nitrogen and oxygen atoms in total. The van der Waals surface area contributed by atoms with Gasteiger partial charge >= 0.3 is 0 Å². The summed E-state index contributed by atoms with van der Waals surface area (Å²) in [5.41, 5.74) is 0.971. The predicted octanol–water partition coefficient (Wildman–Crippen LogP) is 2.10. The fraction of sp³-hybridized carbons (Fsp3) is 0.522. The number of carbonyl (C=O) groups is 1. The smallest absolute Gasteiger partial charge is 0.243 e. The van der Waals surface area contributed by atoms with E-state index in [2.05, 4.69) is 4.90 Å². The van der Waals surface area contributed by atoms with Crippen LogP contribution < -0.4 is 0 Å². The second-order valence-corrected chi connectivity index (χ2v) is 10.4. The highest BCUT2D eigenvalue weighted by atomic mass is 32.2. The first-order valence-corrected chi connectivity index (χ1v) is 12.6. The van der Waals surface area contributed by atoms with Gasteiger partial charge in [-0.1, -0.05) is 17.7 Å². The molecule has 0 radical (unpaired) electrons. The quantitative estimate of drug-likeness (QED) is 0.599. The van der Waals surface area contributed by atoms with Gasteiger partial charge in [0.2, 0.25) is 15.9 Å². The Kier molecular flexibility index (Phi) is 7.30. The molecule has 3 heterocycles. The lowest BCUT2D eigenvalue weighted by molar-refractivity contribution is -0.133. The molecule has 32 heavy (non-hydrogen) atoms. The monoisotopic (exact) mass is 461 g/mol. The molecule has 2 aliphatic heterocycles. The van der Waals surface area contributed by atoms with Crippen molar-refractivity contribution < 1.29 is 22.4 Å². The Balaban J connectivity index is 1.41. The van der Waals surface area contributed by atoms with Crippen LogP contribution in [0.5, 0.6) is 0 Å². The van der Waals surface area contributed by atoms with Crippen molar-refractivity contribution in [2.75, 3.05) is 45.9 Å². The summed E-state index contributed by atoms with van der Waals surface area (Å²) < 4.78 is 38.9. The van der Waals surface area contributed by atoms with Gasteiger partial charge in [0.25, 0.3) is 0 Å². The van der Waals surface area contributed by atoms with Gasteiger partial charge in [-0.15, -0.1) is 0 Å². The van der Waals surface area contributed by atoms with Gasteiger partial charge in [-0.05, 0) is 44.0 Å². The predicted molar refractivity (Wildman–Crippen MR) is 119 cm³/mol. The van der Waals surface area contributed by atoms with Crippen molar-refractivity contribution in [1.29, 1.82) is 0 Å². The third kappa shape index (κ3) is 5.58. The van der Waals surface area contributed by atoms with Crippen molar-refractivity contribution in [2.45, 2.75) is 37.3 Å². The van der Waals surface area contributed by atoms with E-state index < -0.39 is 10.0 Å². The number of piperazine rings is 1. The molecule has 2 fully saturated rings. The molecular weight excluding hydrogens is 430 g/mol. The molecule has 1 amide bonds. The van der Waals surface area contributed by atoms with Crippen molar-refractivity contribution in [3.8, 4) is 0 Å². The molecule has 0 saturated carbocycles. The number of rotatable bonds is 8. The Morgan fingerprint density at radius 3 is 2.50 bits per heavy atom. The average molecular weight is 462 g/mol. The lowest BCUT2D eigenvalue weighted by Gasteiger charge is -2.36. The minimum atomic E-state index is -3.86. The highest BCUT2D eigenvalue weighted by molar-refractivity contribution is 7.89. The number of hydrogen-bond acceptors (Lipinski definition) is 6. The van der Waals surface area contributed by atoms with Crippen molar-refractivity contribution >= 4 is 15.9 Å². The third-order valence-corrected chi connectivity index (χ3v) is 7.90. The van der Waals surface area contributed by atoms with Crippen LogP contribution in [0, 0.1) is 6.92 Å². The first-order valence-electron chi connectivity index (χ1n) is 11.1. The van der Waals surface area contributed by atoms with E-state index in [1.807, 2.05) is 6.92 Å². The zero-order chi connectivity index (χ0) is 22.6. The van der Waals surface area contributed by atoms with Crippen molar-refractivity contribution in [1.82, 2.24) is 14.1 Å². The second kappa shape index (κ2) is 10.2. The summed E-state index contributed by atoms with van der Waals surface area (Å²) in [6.07, 6.45) is 4.00. The molecule has 9 heteroatoms. The highest BCUT2D eigenvalue weighted by Gasteiger charge is 2.31. The summed E-state index contributed by atoms with van der Waals surface area (Å²) in [4.78, 5) is 17.3. The molecule has 2 aromatic rings. The minimum absolute atomic E-state index is 0.00787. The molecule has 1 aromatic carbocycles. The molecule has 0 bridgehead atoms. The largest absolute Gasteiger partial charge is 0.468 e. The Morgan fingerprint density at radius 1 is 1.12 bits per heavy atom. The molecule has 0 N–H and O–H groups in total. The first-order chi connectivity index (χ1) is 15.4. The highest BCUT2D eigenvalue weighted by Crippen LogP contribution is 2.20. The summed E-state index contributed by atoms with van der Waals surface area (Å²) in [6.45, 7) is 6.15. The van der Waals surface area contributed by atoms with Gasteiger partial charge in [-0.3, -0.25) is 9.69 Å². The number of carbonyl (C=O) groups excluding carboxylic acids is 1. The van der Waals surface area contributed by atoms with Crippen molar-refractivity contribution in [2.24, 2.45) is 0 Å². The third-order valence-electron chi connectivity index (χ3n) is 6.09. The minimum Gasteiger partial charge on any atom is -0.468 e. The van der Waals surface area contributed by atoms with Gasteiger partial charge in [-0.2, -0.15) is 4.31 Å². The van der Waals surface area contributed by atoms with E-state index in [0.717, 1.165) is 44.6 Å². The summed E-state index contributed by atoms with van der Waals surface area (Å²) in [5, 5.41) is 0. The fourth-order valence-corrected chi connectivity index (χ4v) is 5.52. The van der Waals surface area contributed by atoms with E-state index >= 15 is 0 Å². The standard InChI is InChI=1S/C23H31N3O5S/c1-19-6-8-22(9-7-19)32(28,29)26(17-21-5-3-15-31-21)18-23(27)25-12-10-24(11-13-25)16-20-4-2-14-30-20/h3,5-9,15,20H,2,4,10-14,16-18H2,1H3/t20-/m1/s1. The zero-order valence-corrected chi connectivity index (χ0v) is 19.3. The van der Waals surface area contributed by atoms with Crippen molar-refractivity contribution in [3.63, 3.8) is 0 Å². The maximum Gasteiger partial charge on any atom is 0.243 e. The molecule has 1 aromatic heterocycles. The van der Waals surface area contributed by atoms with Crippen LogP contribution in [0.1, 0.15) is 24.2 Å². The number of benzene rings is 1. The molecule has 2 saturated heterocycles. The number of hydrogen-bond donors (Lipinski definition) is 0. The Hall–Kier alpha value is -2.20. The van der Waals surface area contributed by atoms with E-state index in [9.17, 15) is 13.2 Å². The molecule has 0 unspecified atom stereocenters. The summed E-state index contributed by atoms with van der Waals surface area (Å²) >= 11 is 0. The van der Waals surface area contributed by atoms with Crippen LogP contribution in [0.15, 0.2) is 52.0 Å².